The molecule has 10 heteroatoms. The summed E-state index contributed by atoms with van der Waals surface area (Å²) in [5.41, 5.74) is 0.566. The monoisotopic (exact) mass is 469 g/mol. The van der Waals surface area contributed by atoms with Crippen molar-refractivity contribution in [1.82, 2.24) is 9.62 Å². The summed E-state index contributed by atoms with van der Waals surface area (Å²) in [4.78, 5) is 24.7. The number of nitrogens with one attached hydrogen (secondary N) is 2. The topological polar surface area (TPSA) is 95.6 Å². The van der Waals surface area contributed by atoms with E-state index in [1.54, 1.807) is 24.3 Å². The van der Waals surface area contributed by atoms with Gasteiger partial charge in [-0.15, -0.1) is 0 Å². The molecule has 7 nitrogen and oxygen atoms in total. The van der Waals surface area contributed by atoms with Gasteiger partial charge in [0, 0.05) is 28.8 Å². The van der Waals surface area contributed by atoms with E-state index in [2.05, 4.69) is 10.6 Å². The van der Waals surface area contributed by atoms with Gasteiger partial charge in [0.15, 0.2) is 0 Å². The lowest BCUT2D eigenvalue weighted by atomic mass is 9.99. The van der Waals surface area contributed by atoms with E-state index in [0.29, 0.717) is 35.1 Å². The van der Waals surface area contributed by atoms with Crippen LogP contribution in [0.25, 0.3) is 0 Å². The fourth-order valence-electron chi connectivity index (χ4n) is 3.18. The van der Waals surface area contributed by atoms with E-state index in [1.165, 1.54) is 28.6 Å². The molecular weight excluding hydrogens is 449 g/mol. The molecule has 160 valence electrons. The number of amides is 2. The molecule has 1 atom stereocenters. The zero-order valence-corrected chi connectivity index (χ0v) is 18.3. The second kappa shape index (κ2) is 9.78. The van der Waals surface area contributed by atoms with Gasteiger partial charge in [-0.1, -0.05) is 23.2 Å². The summed E-state index contributed by atoms with van der Waals surface area (Å²) in [5.74, 6) is -1.26. The van der Waals surface area contributed by atoms with E-state index >= 15 is 0 Å². The van der Waals surface area contributed by atoms with Crippen molar-refractivity contribution in [2.45, 2.75) is 17.7 Å². The Morgan fingerprint density at radius 1 is 1.00 bits per heavy atom. The molecule has 1 heterocycles. The van der Waals surface area contributed by atoms with Crippen molar-refractivity contribution in [1.29, 1.82) is 0 Å². The van der Waals surface area contributed by atoms with Gasteiger partial charge in [0.05, 0.1) is 17.4 Å². The number of nitrogens with zero attached hydrogens (tertiary/aromatic N) is 1. The molecule has 1 aliphatic rings. The van der Waals surface area contributed by atoms with Crippen molar-refractivity contribution in [2.24, 2.45) is 5.92 Å². The van der Waals surface area contributed by atoms with Gasteiger partial charge in [0.2, 0.25) is 21.8 Å². The number of rotatable bonds is 6. The minimum atomic E-state index is -3.72. The third-order valence-electron chi connectivity index (χ3n) is 4.76. The Balaban J connectivity index is 1.55. The van der Waals surface area contributed by atoms with Crippen LogP contribution in [0.4, 0.5) is 5.69 Å². The number of carbonyl (C=O) groups excluding carboxylic acids is 2. The largest absolute Gasteiger partial charge is 0.347 e. The lowest BCUT2D eigenvalue weighted by Crippen LogP contribution is -2.46. The van der Waals surface area contributed by atoms with Gasteiger partial charge < -0.3 is 10.6 Å². The Kier molecular flexibility index (Phi) is 7.36. The summed E-state index contributed by atoms with van der Waals surface area (Å²) in [6.45, 7) is 0.198. The number of halogens is 2. The molecule has 1 aliphatic heterocycles. The zero-order chi connectivity index (χ0) is 21.7. The lowest BCUT2D eigenvalue weighted by Gasteiger charge is -2.31. The van der Waals surface area contributed by atoms with Crippen LogP contribution in [-0.2, 0) is 19.6 Å². The molecule has 0 radical (unpaired) electrons. The van der Waals surface area contributed by atoms with E-state index < -0.39 is 15.9 Å². The molecule has 0 saturated carbocycles. The second-order valence-electron chi connectivity index (χ2n) is 6.93. The number of anilines is 1. The highest BCUT2D eigenvalue weighted by molar-refractivity contribution is 7.89. The van der Waals surface area contributed by atoms with E-state index in [0.717, 1.165) is 0 Å². The molecule has 1 unspecified atom stereocenters. The van der Waals surface area contributed by atoms with Gasteiger partial charge in [-0.2, -0.15) is 4.31 Å². The number of hydrogen-bond donors (Lipinski definition) is 2. The fourth-order valence-corrected chi connectivity index (χ4v) is 4.96. The van der Waals surface area contributed by atoms with Gasteiger partial charge >= 0.3 is 0 Å². The Morgan fingerprint density at radius 3 is 2.23 bits per heavy atom. The van der Waals surface area contributed by atoms with Crippen LogP contribution in [0.3, 0.4) is 0 Å². The van der Waals surface area contributed by atoms with Crippen molar-refractivity contribution in [3.63, 3.8) is 0 Å². The molecule has 0 bridgehead atoms. The summed E-state index contributed by atoms with van der Waals surface area (Å²) >= 11 is 11.6. The maximum atomic E-state index is 12.8. The molecule has 0 spiro atoms. The average molecular weight is 470 g/mol. The zero-order valence-electron chi connectivity index (χ0n) is 16.0. The highest BCUT2D eigenvalue weighted by Gasteiger charge is 2.33. The van der Waals surface area contributed by atoms with Crippen LogP contribution < -0.4 is 10.6 Å². The summed E-state index contributed by atoms with van der Waals surface area (Å²) in [7, 11) is -3.72. The van der Waals surface area contributed by atoms with Gasteiger partial charge in [-0.25, -0.2) is 8.42 Å². The number of piperidine rings is 1. The van der Waals surface area contributed by atoms with Crippen LogP contribution >= 0.6 is 23.2 Å². The maximum Gasteiger partial charge on any atom is 0.243 e. The minimum Gasteiger partial charge on any atom is -0.347 e. The van der Waals surface area contributed by atoms with E-state index in [1.807, 2.05) is 0 Å². The van der Waals surface area contributed by atoms with Gasteiger partial charge in [0.1, 0.15) is 0 Å². The van der Waals surface area contributed by atoms with Crippen LogP contribution in [0, 0.1) is 5.92 Å². The first kappa shape index (κ1) is 22.6. The minimum absolute atomic E-state index is 0.0651. The predicted molar refractivity (Wildman–Crippen MR) is 116 cm³/mol. The van der Waals surface area contributed by atoms with Crippen molar-refractivity contribution in [3.8, 4) is 0 Å². The molecule has 2 amide bonds. The fraction of sp³-hybridized carbons (Fsp3) is 0.300. The summed E-state index contributed by atoms with van der Waals surface area (Å²) in [6, 6.07) is 12.5. The summed E-state index contributed by atoms with van der Waals surface area (Å²) in [6.07, 6.45) is 1.11. The Labute approximate surface area is 185 Å². The summed E-state index contributed by atoms with van der Waals surface area (Å²) in [5, 5.41) is 6.24. The third kappa shape index (κ3) is 5.72. The Morgan fingerprint density at radius 2 is 1.60 bits per heavy atom. The number of hydrogen-bond acceptors (Lipinski definition) is 4. The third-order valence-corrected chi connectivity index (χ3v) is 7.14. The molecule has 0 aliphatic carbocycles. The van der Waals surface area contributed by atoms with Crippen LogP contribution in [0.1, 0.15) is 12.8 Å². The molecule has 2 N–H and O–H groups in total. The quantitative estimate of drug-likeness (QED) is 0.678. The first-order chi connectivity index (χ1) is 14.3. The predicted octanol–water partition coefficient (Wildman–Crippen LogP) is 3.15. The Hall–Kier alpha value is -2.13. The molecule has 30 heavy (non-hydrogen) atoms. The number of carbonyl (C=O) groups is 2. The van der Waals surface area contributed by atoms with E-state index in [4.69, 9.17) is 23.2 Å². The van der Waals surface area contributed by atoms with E-state index in [9.17, 15) is 18.0 Å². The first-order valence-corrected chi connectivity index (χ1v) is 11.5. The smallest absolute Gasteiger partial charge is 0.243 e. The normalized spacial score (nSPS) is 17.3. The van der Waals surface area contributed by atoms with Crippen molar-refractivity contribution >= 4 is 50.7 Å². The Bertz CT molecular complexity index is 1010. The first-order valence-electron chi connectivity index (χ1n) is 9.34. The van der Waals surface area contributed by atoms with E-state index in [-0.39, 0.29) is 29.8 Å². The van der Waals surface area contributed by atoms with Gasteiger partial charge in [0.25, 0.3) is 0 Å². The van der Waals surface area contributed by atoms with Crippen LogP contribution in [0.15, 0.2) is 53.4 Å². The van der Waals surface area contributed by atoms with Crippen molar-refractivity contribution in [3.05, 3.63) is 58.6 Å². The molecule has 3 rings (SSSR count). The van der Waals surface area contributed by atoms with Gasteiger partial charge in [-0.05, 0) is 61.4 Å². The molecule has 2 aromatic rings. The molecule has 1 fully saturated rings. The molecule has 2 aromatic carbocycles. The molecular formula is C20H21Cl2N3O4S. The van der Waals surface area contributed by atoms with Crippen LogP contribution in [0.2, 0.25) is 10.0 Å². The van der Waals surface area contributed by atoms with Crippen molar-refractivity contribution < 1.29 is 18.0 Å². The average Bonchev–Trinajstić information content (AvgIpc) is 2.74. The van der Waals surface area contributed by atoms with Crippen molar-refractivity contribution in [2.75, 3.05) is 25.0 Å². The molecule has 1 saturated heterocycles. The molecule has 0 aromatic heterocycles. The number of benzene rings is 2. The maximum absolute atomic E-state index is 12.8. The summed E-state index contributed by atoms with van der Waals surface area (Å²) < 4.78 is 27.0. The van der Waals surface area contributed by atoms with Crippen LogP contribution in [0.5, 0.6) is 0 Å². The lowest BCUT2D eigenvalue weighted by molar-refractivity contribution is -0.128. The van der Waals surface area contributed by atoms with Gasteiger partial charge in [-0.3, -0.25) is 9.59 Å². The highest BCUT2D eigenvalue weighted by Crippen LogP contribution is 2.25. The SMILES string of the molecule is O=C(CNC(=O)C1CCCN(S(=O)(=O)c2ccc(Cl)cc2)C1)Nc1ccc(Cl)cc1. The van der Waals surface area contributed by atoms with Crippen LogP contribution in [-0.4, -0.2) is 44.2 Å². The second-order valence-corrected chi connectivity index (χ2v) is 9.74. The highest BCUT2D eigenvalue weighted by atomic mass is 35.5. The number of sulfonamides is 1. The standard InChI is InChI=1S/C20H21Cl2N3O4S/c21-15-3-7-17(8-4-15)24-19(26)12-23-20(27)14-2-1-11-25(13-14)30(28,29)18-9-5-16(22)6-10-18/h3-10,14H,1-2,11-13H2,(H,23,27)(H,24,26).